The van der Waals surface area contributed by atoms with Crippen LogP contribution in [0.5, 0.6) is 0 Å². The minimum atomic E-state index is -0.490. The third-order valence-electron chi connectivity index (χ3n) is 4.57. The smallest absolute Gasteiger partial charge is 0.0771 e. The van der Waals surface area contributed by atoms with Gasteiger partial charge in [0.1, 0.15) is 0 Å². The zero-order valence-corrected chi connectivity index (χ0v) is 10.8. The molecule has 0 spiro atoms. The van der Waals surface area contributed by atoms with Gasteiger partial charge in [0.2, 0.25) is 0 Å². The Bertz CT molecular complexity index is 223. The lowest BCUT2D eigenvalue weighted by atomic mass is 9.72. The maximum absolute atomic E-state index is 10.6. The lowest BCUT2D eigenvalue weighted by Crippen LogP contribution is -2.46. The third kappa shape index (κ3) is 3.21. The summed E-state index contributed by atoms with van der Waals surface area (Å²) in [6.07, 6.45) is 9.02. The van der Waals surface area contributed by atoms with Crippen LogP contribution < -0.4 is 5.32 Å². The number of hydrogen-bond acceptors (Lipinski definition) is 2. The molecule has 0 bridgehead atoms. The molecule has 0 saturated heterocycles. The Hall–Kier alpha value is -0.0800. The first kappa shape index (κ1) is 12.4. The van der Waals surface area contributed by atoms with Gasteiger partial charge in [0.05, 0.1) is 5.60 Å². The van der Waals surface area contributed by atoms with Crippen molar-refractivity contribution in [2.24, 2.45) is 11.8 Å². The highest BCUT2D eigenvalue weighted by atomic mass is 16.3. The van der Waals surface area contributed by atoms with Gasteiger partial charge in [-0.3, -0.25) is 0 Å². The SMILES string of the molecule is CCC1CCCC(C(C)(O)CNC2CC2)C1. The average molecular weight is 225 g/mol. The van der Waals surface area contributed by atoms with Gasteiger partial charge < -0.3 is 10.4 Å². The fourth-order valence-corrected chi connectivity index (χ4v) is 3.01. The number of rotatable bonds is 5. The van der Waals surface area contributed by atoms with Crippen molar-refractivity contribution in [3.05, 3.63) is 0 Å². The van der Waals surface area contributed by atoms with Crippen molar-refractivity contribution < 1.29 is 5.11 Å². The molecular weight excluding hydrogens is 198 g/mol. The van der Waals surface area contributed by atoms with Crippen molar-refractivity contribution in [1.29, 1.82) is 0 Å². The van der Waals surface area contributed by atoms with E-state index in [1.165, 1.54) is 44.9 Å². The van der Waals surface area contributed by atoms with Gasteiger partial charge >= 0.3 is 0 Å². The fourth-order valence-electron chi connectivity index (χ4n) is 3.01. The molecule has 0 radical (unpaired) electrons. The molecule has 0 aromatic heterocycles. The molecule has 16 heavy (non-hydrogen) atoms. The van der Waals surface area contributed by atoms with Gasteiger partial charge in [0, 0.05) is 12.6 Å². The summed E-state index contributed by atoms with van der Waals surface area (Å²) in [5.74, 6) is 1.36. The Morgan fingerprint density at radius 2 is 2.00 bits per heavy atom. The van der Waals surface area contributed by atoms with E-state index in [1.807, 2.05) is 6.92 Å². The van der Waals surface area contributed by atoms with E-state index in [-0.39, 0.29) is 0 Å². The Balaban J connectivity index is 1.82. The minimum absolute atomic E-state index is 0.490. The molecule has 2 fully saturated rings. The van der Waals surface area contributed by atoms with E-state index in [2.05, 4.69) is 12.2 Å². The van der Waals surface area contributed by atoms with Gasteiger partial charge in [-0.25, -0.2) is 0 Å². The van der Waals surface area contributed by atoms with Crippen molar-refractivity contribution in [3.8, 4) is 0 Å². The molecule has 2 N–H and O–H groups in total. The quantitative estimate of drug-likeness (QED) is 0.754. The topological polar surface area (TPSA) is 32.3 Å². The average Bonchev–Trinajstić information content (AvgIpc) is 3.10. The summed E-state index contributed by atoms with van der Waals surface area (Å²) in [6.45, 7) is 5.11. The normalized spacial score (nSPS) is 34.7. The van der Waals surface area contributed by atoms with Crippen LogP contribution >= 0.6 is 0 Å². The summed E-state index contributed by atoms with van der Waals surface area (Å²) < 4.78 is 0. The van der Waals surface area contributed by atoms with E-state index in [9.17, 15) is 5.11 Å². The highest BCUT2D eigenvalue weighted by molar-refractivity contribution is 4.91. The van der Waals surface area contributed by atoms with Crippen LogP contribution in [-0.4, -0.2) is 23.3 Å². The highest BCUT2D eigenvalue weighted by Gasteiger charge is 2.36. The predicted octanol–water partition coefficient (Wildman–Crippen LogP) is 2.71. The summed E-state index contributed by atoms with van der Waals surface area (Å²) in [7, 11) is 0. The lowest BCUT2D eigenvalue weighted by molar-refractivity contribution is -0.0250. The van der Waals surface area contributed by atoms with E-state index in [4.69, 9.17) is 0 Å². The minimum Gasteiger partial charge on any atom is -0.389 e. The van der Waals surface area contributed by atoms with Gasteiger partial charge in [0.25, 0.3) is 0 Å². The van der Waals surface area contributed by atoms with Crippen LogP contribution in [-0.2, 0) is 0 Å². The molecule has 0 aromatic carbocycles. The molecule has 0 amide bonds. The van der Waals surface area contributed by atoms with Crippen molar-refractivity contribution in [2.45, 2.75) is 70.4 Å². The first-order valence-corrected chi connectivity index (χ1v) is 7.07. The number of hydrogen-bond donors (Lipinski definition) is 2. The highest BCUT2D eigenvalue weighted by Crippen LogP contribution is 2.37. The standard InChI is InChI=1S/C14H27NO/c1-3-11-5-4-6-12(9-11)14(2,16)10-15-13-7-8-13/h11-13,15-16H,3-10H2,1-2H3. The van der Waals surface area contributed by atoms with E-state index in [0.717, 1.165) is 12.5 Å². The second kappa shape index (κ2) is 5.05. The van der Waals surface area contributed by atoms with Crippen molar-refractivity contribution in [2.75, 3.05) is 6.54 Å². The maximum atomic E-state index is 10.6. The summed E-state index contributed by atoms with van der Waals surface area (Å²) in [4.78, 5) is 0. The Morgan fingerprint density at radius 3 is 2.62 bits per heavy atom. The second-order valence-corrected chi connectivity index (χ2v) is 6.15. The molecule has 0 aliphatic heterocycles. The first-order valence-electron chi connectivity index (χ1n) is 7.07. The van der Waals surface area contributed by atoms with Gasteiger partial charge in [-0.05, 0) is 44.4 Å². The molecule has 2 rings (SSSR count). The molecule has 0 aromatic rings. The van der Waals surface area contributed by atoms with Gasteiger partial charge in [-0.2, -0.15) is 0 Å². The summed E-state index contributed by atoms with van der Waals surface area (Å²) >= 11 is 0. The molecule has 0 heterocycles. The van der Waals surface area contributed by atoms with Crippen LogP contribution in [0.15, 0.2) is 0 Å². The van der Waals surface area contributed by atoms with Gasteiger partial charge in [-0.1, -0.05) is 26.2 Å². The third-order valence-corrected chi connectivity index (χ3v) is 4.57. The van der Waals surface area contributed by atoms with Crippen LogP contribution in [0, 0.1) is 11.8 Å². The van der Waals surface area contributed by atoms with E-state index < -0.39 is 5.60 Å². The van der Waals surface area contributed by atoms with Crippen LogP contribution in [0.4, 0.5) is 0 Å². The van der Waals surface area contributed by atoms with Gasteiger partial charge in [0.15, 0.2) is 0 Å². The second-order valence-electron chi connectivity index (χ2n) is 6.15. The summed E-state index contributed by atoms with van der Waals surface area (Å²) in [6, 6.07) is 0.706. The van der Waals surface area contributed by atoms with Gasteiger partial charge in [-0.15, -0.1) is 0 Å². The fraction of sp³-hybridized carbons (Fsp3) is 1.00. The first-order chi connectivity index (χ1) is 7.62. The zero-order valence-electron chi connectivity index (χ0n) is 10.8. The molecule has 3 atom stereocenters. The lowest BCUT2D eigenvalue weighted by Gasteiger charge is -2.38. The van der Waals surface area contributed by atoms with Crippen LogP contribution in [0.25, 0.3) is 0 Å². The predicted molar refractivity (Wildman–Crippen MR) is 67.4 cm³/mol. The summed E-state index contributed by atoms with van der Waals surface area (Å²) in [5.41, 5.74) is -0.490. The molecule has 2 aliphatic carbocycles. The molecule has 94 valence electrons. The number of aliphatic hydroxyl groups is 1. The maximum Gasteiger partial charge on any atom is 0.0771 e. The van der Waals surface area contributed by atoms with E-state index in [0.29, 0.717) is 12.0 Å². The molecule has 2 heteroatoms. The Kier molecular flexibility index (Phi) is 3.91. The van der Waals surface area contributed by atoms with Crippen molar-refractivity contribution in [3.63, 3.8) is 0 Å². The number of nitrogens with one attached hydrogen (secondary N) is 1. The monoisotopic (exact) mass is 225 g/mol. The molecule has 3 unspecified atom stereocenters. The van der Waals surface area contributed by atoms with E-state index in [1.54, 1.807) is 0 Å². The Labute approximate surface area is 99.8 Å². The van der Waals surface area contributed by atoms with Crippen LogP contribution in [0.1, 0.15) is 58.8 Å². The Morgan fingerprint density at radius 1 is 1.25 bits per heavy atom. The van der Waals surface area contributed by atoms with Crippen LogP contribution in [0.3, 0.4) is 0 Å². The molecule has 2 nitrogen and oxygen atoms in total. The van der Waals surface area contributed by atoms with Crippen molar-refractivity contribution in [1.82, 2.24) is 5.32 Å². The summed E-state index contributed by atoms with van der Waals surface area (Å²) in [5, 5.41) is 14.0. The molecule has 2 aliphatic rings. The molecular formula is C14H27NO. The van der Waals surface area contributed by atoms with Crippen molar-refractivity contribution >= 4 is 0 Å². The molecule has 2 saturated carbocycles. The zero-order chi connectivity index (χ0) is 11.6. The van der Waals surface area contributed by atoms with Crippen LogP contribution in [0.2, 0.25) is 0 Å². The largest absolute Gasteiger partial charge is 0.389 e. The van der Waals surface area contributed by atoms with E-state index >= 15 is 0 Å².